The van der Waals surface area contributed by atoms with Gasteiger partial charge in [0.05, 0.1) is 19.0 Å². The van der Waals surface area contributed by atoms with Crippen molar-refractivity contribution in [2.24, 2.45) is 11.8 Å². The van der Waals surface area contributed by atoms with Crippen LogP contribution in [0.4, 0.5) is 5.95 Å². The number of morpholine rings is 1. The molecule has 0 N–H and O–H groups in total. The molecule has 0 amide bonds. The average molecular weight is 381 g/mol. The number of hydrogen-bond acceptors (Lipinski definition) is 8. The minimum atomic E-state index is 0.506. The van der Waals surface area contributed by atoms with E-state index >= 15 is 0 Å². The van der Waals surface area contributed by atoms with Gasteiger partial charge >= 0.3 is 0 Å². The second-order valence-corrected chi connectivity index (χ2v) is 8.32. The number of rotatable bonds is 8. The first-order valence-electron chi connectivity index (χ1n) is 9.23. The summed E-state index contributed by atoms with van der Waals surface area (Å²) < 4.78 is 13.0. The summed E-state index contributed by atoms with van der Waals surface area (Å²) in [6.45, 7) is 12.7. The topological polar surface area (TPSA) is 82.1 Å². The number of nitrogens with zero attached hydrogens (tertiary/aromatic N) is 6. The molecule has 1 aliphatic heterocycles. The van der Waals surface area contributed by atoms with Gasteiger partial charge in [0, 0.05) is 26.1 Å². The normalized spacial score (nSPS) is 15.4. The average Bonchev–Trinajstić information content (AvgIpc) is 3.20. The smallest absolute Gasteiger partial charge is 0.237 e. The van der Waals surface area contributed by atoms with Gasteiger partial charge < -0.3 is 14.2 Å². The highest BCUT2D eigenvalue weighted by atomic mass is 32.2. The first-order chi connectivity index (χ1) is 12.5. The number of thioether (sulfide) groups is 1. The van der Waals surface area contributed by atoms with Crippen LogP contribution in [0, 0.1) is 11.8 Å². The third-order valence-corrected chi connectivity index (χ3v) is 4.92. The van der Waals surface area contributed by atoms with Crippen molar-refractivity contribution in [3.8, 4) is 0 Å². The molecule has 3 rings (SSSR count). The molecular formula is C17H28N6O2S. The molecule has 9 heteroatoms. The largest absolute Gasteiger partial charge is 0.378 e. The van der Waals surface area contributed by atoms with Crippen LogP contribution in [0.25, 0.3) is 0 Å². The predicted octanol–water partition coefficient (Wildman–Crippen LogP) is 2.64. The minimum Gasteiger partial charge on any atom is -0.378 e. The van der Waals surface area contributed by atoms with Crippen LogP contribution >= 0.6 is 11.8 Å². The summed E-state index contributed by atoms with van der Waals surface area (Å²) in [5.74, 6) is 3.95. The zero-order chi connectivity index (χ0) is 18.5. The molecule has 144 valence electrons. The number of hydrogen-bond donors (Lipinski definition) is 0. The molecule has 0 unspecified atom stereocenters. The van der Waals surface area contributed by atoms with E-state index in [-0.39, 0.29) is 0 Å². The van der Waals surface area contributed by atoms with Crippen molar-refractivity contribution in [2.75, 3.05) is 31.2 Å². The predicted molar refractivity (Wildman–Crippen MR) is 100 cm³/mol. The number of anilines is 1. The third-order valence-electron chi connectivity index (χ3n) is 3.96. The molecule has 0 saturated carbocycles. The van der Waals surface area contributed by atoms with E-state index < -0.39 is 0 Å². The molecule has 2 aromatic heterocycles. The highest BCUT2D eigenvalue weighted by molar-refractivity contribution is 7.98. The lowest BCUT2D eigenvalue weighted by molar-refractivity contribution is 0.121. The molecular weight excluding hydrogens is 352 g/mol. The van der Waals surface area contributed by atoms with Crippen LogP contribution < -0.4 is 4.90 Å². The minimum absolute atomic E-state index is 0.506. The Morgan fingerprint density at radius 2 is 1.85 bits per heavy atom. The SMILES string of the molecule is CC(C)Cc1noc(CSc2nnc(N3CCOCC3)n2CC(C)C)n1. The number of aromatic nitrogens is 5. The van der Waals surface area contributed by atoms with Gasteiger partial charge in [-0.3, -0.25) is 4.57 Å². The summed E-state index contributed by atoms with van der Waals surface area (Å²) in [4.78, 5) is 6.72. The van der Waals surface area contributed by atoms with Crippen LogP contribution in [0.5, 0.6) is 0 Å². The summed E-state index contributed by atoms with van der Waals surface area (Å²) in [5.41, 5.74) is 0. The van der Waals surface area contributed by atoms with Gasteiger partial charge in [-0.2, -0.15) is 4.98 Å². The van der Waals surface area contributed by atoms with Gasteiger partial charge in [-0.05, 0) is 11.8 Å². The summed E-state index contributed by atoms with van der Waals surface area (Å²) in [5, 5.41) is 13.8. The maximum absolute atomic E-state index is 5.45. The van der Waals surface area contributed by atoms with Gasteiger partial charge in [-0.25, -0.2) is 0 Å². The summed E-state index contributed by atoms with van der Waals surface area (Å²) in [6.07, 6.45) is 0.832. The lowest BCUT2D eigenvalue weighted by Crippen LogP contribution is -2.38. The molecule has 0 atom stereocenters. The summed E-state index contributed by atoms with van der Waals surface area (Å²) in [6, 6.07) is 0. The van der Waals surface area contributed by atoms with Gasteiger partial charge in [0.25, 0.3) is 0 Å². The van der Waals surface area contributed by atoms with Crippen LogP contribution in [-0.2, 0) is 23.5 Å². The Labute approximate surface area is 158 Å². The van der Waals surface area contributed by atoms with Crippen LogP contribution in [0.3, 0.4) is 0 Å². The molecule has 1 saturated heterocycles. The highest BCUT2D eigenvalue weighted by Gasteiger charge is 2.21. The Morgan fingerprint density at radius 3 is 2.54 bits per heavy atom. The van der Waals surface area contributed by atoms with Crippen LogP contribution in [0.1, 0.15) is 39.4 Å². The van der Waals surface area contributed by atoms with Crippen molar-refractivity contribution >= 4 is 17.7 Å². The van der Waals surface area contributed by atoms with Crippen molar-refractivity contribution in [3.63, 3.8) is 0 Å². The molecule has 3 heterocycles. The van der Waals surface area contributed by atoms with E-state index in [1.807, 2.05) is 0 Å². The second-order valence-electron chi connectivity index (χ2n) is 7.38. The Bertz CT molecular complexity index is 693. The van der Waals surface area contributed by atoms with Gasteiger partial charge in [0.1, 0.15) is 0 Å². The molecule has 8 nitrogen and oxygen atoms in total. The maximum atomic E-state index is 5.45. The van der Waals surface area contributed by atoms with E-state index in [1.54, 1.807) is 11.8 Å². The Kier molecular flexibility index (Phi) is 6.53. The molecule has 1 aliphatic rings. The molecule has 0 aliphatic carbocycles. The zero-order valence-corrected chi connectivity index (χ0v) is 16.8. The van der Waals surface area contributed by atoms with Crippen LogP contribution in [0.2, 0.25) is 0 Å². The first kappa shape index (κ1) is 19.2. The first-order valence-corrected chi connectivity index (χ1v) is 10.2. The van der Waals surface area contributed by atoms with E-state index in [9.17, 15) is 0 Å². The van der Waals surface area contributed by atoms with E-state index in [0.717, 1.165) is 56.2 Å². The van der Waals surface area contributed by atoms with Gasteiger partial charge in [0.15, 0.2) is 11.0 Å². The van der Waals surface area contributed by atoms with Crippen molar-refractivity contribution in [3.05, 3.63) is 11.7 Å². The second kappa shape index (κ2) is 8.85. The Balaban J connectivity index is 1.70. The van der Waals surface area contributed by atoms with Crippen molar-refractivity contribution < 1.29 is 9.26 Å². The monoisotopic (exact) mass is 380 g/mol. The molecule has 0 radical (unpaired) electrons. The van der Waals surface area contributed by atoms with Crippen molar-refractivity contribution in [1.29, 1.82) is 0 Å². The summed E-state index contributed by atoms with van der Waals surface area (Å²) >= 11 is 1.59. The lowest BCUT2D eigenvalue weighted by Gasteiger charge is -2.28. The highest BCUT2D eigenvalue weighted by Crippen LogP contribution is 2.26. The lowest BCUT2D eigenvalue weighted by atomic mass is 10.1. The molecule has 26 heavy (non-hydrogen) atoms. The standard InChI is InChI=1S/C17H28N6O2S/c1-12(2)9-14-18-15(25-21-14)11-26-17-20-19-16(23(17)10-13(3)4)22-5-7-24-8-6-22/h12-13H,5-11H2,1-4H3. The van der Waals surface area contributed by atoms with Crippen molar-refractivity contribution in [1.82, 2.24) is 24.9 Å². The van der Waals surface area contributed by atoms with Crippen LogP contribution in [-0.4, -0.2) is 51.2 Å². The van der Waals surface area contributed by atoms with Gasteiger partial charge in [-0.15, -0.1) is 10.2 Å². The van der Waals surface area contributed by atoms with Crippen LogP contribution in [0.15, 0.2) is 9.68 Å². The molecule has 0 spiro atoms. The van der Waals surface area contributed by atoms with Gasteiger partial charge in [0.2, 0.25) is 11.8 Å². The van der Waals surface area contributed by atoms with E-state index in [4.69, 9.17) is 9.26 Å². The fourth-order valence-electron chi connectivity index (χ4n) is 2.83. The van der Waals surface area contributed by atoms with Crippen molar-refractivity contribution in [2.45, 2.75) is 51.6 Å². The molecule has 0 bridgehead atoms. The third kappa shape index (κ3) is 4.97. The molecule has 1 fully saturated rings. The summed E-state index contributed by atoms with van der Waals surface area (Å²) in [7, 11) is 0. The Hall–Kier alpha value is -1.61. The van der Waals surface area contributed by atoms with Gasteiger partial charge in [-0.1, -0.05) is 44.6 Å². The number of ether oxygens (including phenoxy) is 1. The molecule has 2 aromatic rings. The quantitative estimate of drug-likeness (QED) is 0.647. The van der Waals surface area contributed by atoms with E-state index in [0.29, 0.717) is 23.5 Å². The maximum Gasteiger partial charge on any atom is 0.237 e. The Morgan fingerprint density at radius 1 is 1.08 bits per heavy atom. The fraction of sp³-hybridized carbons (Fsp3) is 0.765. The van der Waals surface area contributed by atoms with E-state index in [2.05, 4.69) is 57.5 Å². The fourth-order valence-corrected chi connectivity index (χ4v) is 3.61. The molecule has 0 aromatic carbocycles. The zero-order valence-electron chi connectivity index (χ0n) is 16.0. The van der Waals surface area contributed by atoms with E-state index in [1.165, 1.54) is 0 Å².